The van der Waals surface area contributed by atoms with Crippen molar-refractivity contribution < 1.29 is 9.32 Å². The minimum atomic E-state index is -0.00926. The summed E-state index contributed by atoms with van der Waals surface area (Å²) < 4.78 is 5.01. The van der Waals surface area contributed by atoms with Gasteiger partial charge in [-0.3, -0.25) is 4.79 Å². The van der Waals surface area contributed by atoms with Crippen LogP contribution in [0.25, 0.3) is 11.1 Å². The monoisotopic (exact) mass is 233 g/mol. The molecule has 0 aliphatic rings. The molecule has 0 unspecified atom stereocenters. The smallest absolute Gasteiger partial charge is 0.257 e. The molecule has 5 heteroatoms. The van der Waals surface area contributed by atoms with Crippen molar-refractivity contribution in [2.45, 2.75) is 20.8 Å². The standard InChI is InChI=1S/C12H15N3O2/c1-4-15(5-2)12(16)9-6-10-8(3)14-17-11(10)13-7-9/h6-7H,4-5H2,1-3H3. The number of carbonyl (C=O) groups is 1. The fourth-order valence-corrected chi connectivity index (χ4v) is 1.76. The van der Waals surface area contributed by atoms with Gasteiger partial charge in [0.15, 0.2) is 0 Å². The Morgan fingerprint density at radius 2 is 2.12 bits per heavy atom. The average molecular weight is 233 g/mol. The van der Waals surface area contributed by atoms with Gasteiger partial charge in [0.05, 0.1) is 16.6 Å². The number of amides is 1. The topological polar surface area (TPSA) is 59.2 Å². The SMILES string of the molecule is CCN(CC)C(=O)c1cnc2onc(C)c2c1. The Kier molecular flexibility index (Phi) is 3.08. The predicted molar refractivity (Wildman–Crippen MR) is 63.8 cm³/mol. The van der Waals surface area contributed by atoms with Crippen LogP contribution < -0.4 is 0 Å². The lowest BCUT2D eigenvalue weighted by atomic mass is 10.2. The van der Waals surface area contributed by atoms with Crippen LogP contribution in [0.15, 0.2) is 16.8 Å². The van der Waals surface area contributed by atoms with Gasteiger partial charge >= 0.3 is 0 Å². The molecule has 5 nitrogen and oxygen atoms in total. The maximum atomic E-state index is 12.1. The molecular formula is C12H15N3O2. The van der Waals surface area contributed by atoms with E-state index in [9.17, 15) is 4.79 Å². The first-order chi connectivity index (χ1) is 8.17. The van der Waals surface area contributed by atoms with E-state index in [0.29, 0.717) is 24.4 Å². The number of nitrogens with zero attached hydrogens (tertiary/aromatic N) is 3. The van der Waals surface area contributed by atoms with Crippen LogP contribution in [-0.4, -0.2) is 34.0 Å². The summed E-state index contributed by atoms with van der Waals surface area (Å²) in [5.74, 6) is -0.00926. The van der Waals surface area contributed by atoms with Gasteiger partial charge in [-0.05, 0) is 26.8 Å². The first-order valence-corrected chi connectivity index (χ1v) is 5.68. The number of fused-ring (bicyclic) bond motifs is 1. The van der Waals surface area contributed by atoms with Crippen molar-refractivity contribution in [2.24, 2.45) is 0 Å². The van der Waals surface area contributed by atoms with Crippen molar-refractivity contribution in [1.82, 2.24) is 15.0 Å². The summed E-state index contributed by atoms with van der Waals surface area (Å²) in [6.45, 7) is 7.13. The first-order valence-electron chi connectivity index (χ1n) is 5.68. The van der Waals surface area contributed by atoms with E-state index in [1.165, 1.54) is 6.20 Å². The Labute approximate surface area is 99.4 Å². The second-order valence-electron chi connectivity index (χ2n) is 3.82. The number of hydrogen-bond acceptors (Lipinski definition) is 4. The number of aromatic nitrogens is 2. The van der Waals surface area contributed by atoms with Gasteiger partial charge in [-0.15, -0.1) is 0 Å². The van der Waals surface area contributed by atoms with Crippen molar-refractivity contribution in [3.63, 3.8) is 0 Å². The van der Waals surface area contributed by atoms with E-state index < -0.39 is 0 Å². The van der Waals surface area contributed by atoms with Crippen LogP contribution in [-0.2, 0) is 0 Å². The van der Waals surface area contributed by atoms with Crippen LogP contribution in [0.1, 0.15) is 29.9 Å². The van der Waals surface area contributed by atoms with Crippen LogP contribution in [0.2, 0.25) is 0 Å². The zero-order chi connectivity index (χ0) is 12.4. The number of hydrogen-bond donors (Lipinski definition) is 0. The Balaban J connectivity index is 2.41. The van der Waals surface area contributed by atoms with Crippen LogP contribution >= 0.6 is 0 Å². The summed E-state index contributed by atoms with van der Waals surface area (Å²) in [7, 11) is 0. The summed E-state index contributed by atoms with van der Waals surface area (Å²) >= 11 is 0. The van der Waals surface area contributed by atoms with E-state index in [-0.39, 0.29) is 5.91 Å². The van der Waals surface area contributed by atoms with Crippen molar-refractivity contribution >= 4 is 17.0 Å². The summed E-state index contributed by atoms with van der Waals surface area (Å²) in [5.41, 5.74) is 1.80. The average Bonchev–Trinajstić information content (AvgIpc) is 2.72. The van der Waals surface area contributed by atoms with Crippen molar-refractivity contribution in [2.75, 3.05) is 13.1 Å². The molecule has 0 bridgehead atoms. The van der Waals surface area contributed by atoms with Gasteiger partial charge in [-0.25, -0.2) is 4.98 Å². The second-order valence-corrected chi connectivity index (χ2v) is 3.82. The number of rotatable bonds is 3. The van der Waals surface area contributed by atoms with E-state index >= 15 is 0 Å². The van der Waals surface area contributed by atoms with Crippen molar-refractivity contribution in [1.29, 1.82) is 0 Å². The van der Waals surface area contributed by atoms with Crippen LogP contribution in [0.3, 0.4) is 0 Å². The van der Waals surface area contributed by atoms with E-state index in [4.69, 9.17) is 4.52 Å². The van der Waals surface area contributed by atoms with Gasteiger partial charge in [-0.1, -0.05) is 5.16 Å². The third-order valence-electron chi connectivity index (χ3n) is 2.81. The molecule has 0 aliphatic heterocycles. The molecule has 2 rings (SSSR count). The molecule has 2 heterocycles. The second kappa shape index (κ2) is 4.53. The Morgan fingerprint density at radius 1 is 1.41 bits per heavy atom. The molecule has 2 aromatic heterocycles. The Morgan fingerprint density at radius 3 is 2.76 bits per heavy atom. The number of carbonyl (C=O) groups excluding carboxylic acids is 1. The highest BCUT2D eigenvalue weighted by molar-refractivity contribution is 5.96. The highest BCUT2D eigenvalue weighted by Gasteiger charge is 2.15. The molecule has 0 radical (unpaired) electrons. The van der Waals surface area contributed by atoms with Crippen molar-refractivity contribution in [3.8, 4) is 0 Å². The molecule has 0 N–H and O–H groups in total. The summed E-state index contributed by atoms with van der Waals surface area (Å²) in [6, 6.07) is 1.79. The highest BCUT2D eigenvalue weighted by Crippen LogP contribution is 2.17. The minimum Gasteiger partial charge on any atom is -0.339 e. The molecule has 0 spiro atoms. The van der Waals surface area contributed by atoms with Crippen LogP contribution in [0.5, 0.6) is 0 Å². The Bertz CT molecular complexity index is 544. The Hall–Kier alpha value is -1.91. The van der Waals surface area contributed by atoms with Gasteiger partial charge in [0.1, 0.15) is 0 Å². The first kappa shape index (κ1) is 11.6. The van der Waals surface area contributed by atoms with Gasteiger partial charge in [0.2, 0.25) is 0 Å². The zero-order valence-corrected chi connectivity index (χ0v) is 10.2. The summed E-state index contributed by atoms with van der Waals surface area (Å²) in [5, 5.41) is 4.61. The summed E-state index contributed by atoms with van der Waals surface area (Å²) in [4.78, 5) is 18.0. The molecule has 0 aliphatic carbocycles. The lowest BCUT2D eigenvalue weighted by Gasteiger charge is -2.18. The highest BCUT2D eigenvalue weighted by atomic mass is 16.5. The molecule has 0 aromatic carbocycles. The molecule has 90 valence electrons. The molecule has 0 saturated carbocycles. The fraction of sp³-hybridized carbons (Fsp3) is 0.417. The van der Waals surface area contributed by atoms with Crippen LogP contribution in [0, 0.1) is 6.92 Å². The summed E-state index contributed by atoms with van der Waals surface area (Å²) in [6.07, 6.45) is 1.54. The van der Waals surface area contributed by atoms with Gasteiger partial charge in [0, 0.05) is 19.3 Å². The normalized spacial score (nSPS) is 10.8. The number of pyridine rings is 1. The van der Waals surface area contributed by atoms with Crippen LogP contribution in [0.4, 0.5) is 0 Å². The molecule has 0 fully saturated rings. The fourth-order valence-electron chi connectivity index (χ4n) is 1.76. The maximum absolute atomic E-state index is 12.1. The molecule has 2 aromatic rings. The molecule has 0 saturated heterocycles. The third-order valence-corrected chi connectivity index (χ3v) is 2.81. The van der Waals surface area contributed by atoms with E-state index in [2.05, 4.69) is 10.1 Å². The quantitative estimate of drug-likeness (QED) is 0.813. The minimum absolute atomic E-state index is 0.00926. The van der Waals surface area contributed by atoms with E-state index in [1.54, 1.807) is 11.0 Å². The van der Waals surface area contributed by atoms with E-state index in [0.717, 1.165) is 11.1 Å². The molecule has 0 atom stereocenters. The number of aryl methyl sites for hydroxylation is 1. The lowest BCUT2D eigenvalue weighted by molar-refractivity contribution is 0.0773. The van der Waals surface area contributed by atoms with Crippen molar-refractivity contribution in [3.05, 3.63) is 23.5 Å². The maximum Gasteiger partial charge on any atom is 0.257 e. The van der Waals surface area contributed by atoms with Gasteiger partial charge < -0.3 is 9.42 Å². The predicted octanol–water partition coefficient (Wildman–Crippen LogP) is 2.01. The zero-order valence-electron chi connectivity index (χ0n) is 10.2. The largest absolute Gasteiger partial charge is 0.339 e. The molecule has 17 heavy (non-hydrogen) atoms. The molecule has 1 amide bonds. The lowest BCUT2D eigenvalue weighted by Crippen LogP contribution is -2.30. The van der Waals surface area contributed by atoms with E-state index in [1.807, 2.05) is 20.8 Å². The third kappa shape index (κ3) is 2.00. The van der Waals surface area contributed by atoms with Gasteiger partial charge in [-0.2, -0.15) is 0 Å². The van der Waals surface area contributed by atoms with Gasteiger partial charge in [0.25, 0.3) is 11.6 Å². The molecular weight excluding hydrogens is 218 g/mol.